The second-order valence-corrected chi connectivity index (χ2v) is 4.90. The lowest BCUT2D eigenvalue weighted by Crippen LogP contribution is -2.28. The van der Waals surface area contributed by atoms with Gasteiger partial charge < -0.3 is 5.32 Å². The fraction of sp³-hybridized carbons (Fsp3) is 0.188. The van der Waals surface area contributed by atoms with Crippen molar-refractivity contribution in [3.05, 3.63) is 70.5 Å². The van der Waals surface area contributed by atoms with Crippen LogP contribution in [0.1, 0.15) is 35.3 Å². The van der Waals surface area contributed by atoms with Crippen molar-refractivity contribution in [3.63, 3.8) is 0 Å². The van der Waals surface area contributed by atoms with E-state index >= 15 is 0 Å². The molecular formula is C16H15ClFNO. The predicted octanol–water partition coefficient (Wildman–Crippen LogP) is 4.36. The van der Waals surface area contributed by atoms with Crippen LogP contribution in [0.3, 0.4) is 0 Å². The van der Waals surface area contributed by atoms with E-state index in [1.807, 2.05) is 19.1 Å². The highest BCUT2D eigenvalue weighted by Gasteiger charge is 2.16. The average molecular weight is 292 g/mol. The molecular weight excluding hydrogens is 277 g/mol. The minimum atomic E-state index is -0.518. The molecule has 1 atom stereocenters. The minimum absolute atomic E-state index is 0.0555. The standard InChI is InChI=1S/C16H15ClFNO/c1-2-15(11-7-9-12(17)10-8-11)19-16(20)13-5-3-4-6-14(13)18/h3-10,15H,2H2,1H3,(H,19,20). The molecule has 2 aromatic rings. The maximum Gasteiger partial charge on any atom is 0.254 e. The lowest BCUT2D eigenvalue weighted by molar-refractivity contribution is 0.0931. The Morgan fingerprint density at radius 3 is 2.45 bits per heavy atom. The molecule has 104 valence electrons. The van der Waals surface area contributed by atoms with E-state index in [1.54, 1.807) is 24.3 Å². The van der Waals surface area contributed by atoms with Crippen LogP contribution < -0.4 is 5.32 Å². The summed E-state index contributed by atoms with van der Waals surface area (Å²) in [7, 11) is 0. The van der Waals surface area contributed by atoms with Gasteiger partial charge in [0.2, 0.25) is 0 Å². The van der Waals surface area contributed by atoms with Crippen LogP contribution >= 0.6 is 11.6 Å². The summed E-state index contributed by atoms with van der Waals surface area (Å²) < 4.78 is 13.6. The molecule has 2 aromatic carbocycles. The normalized spacial score (nSPS) is 11.9. The van der Waals surface area contributed by atoms with E-state index in [2.05, 4.69) is 5.32 Å². The lowest BCUT2D eigenvalue weighted by atomic mass is 10.0. The number of halogens is 2. The fourth-order valence-corrected chi connectivity index (χ4v) is 2.12. The number of benzene rings is 2. The molecule has 0 radical (unpaired) electrons. The van der Waals surface area contributed by atoms with Crippen molar-refractivity contribution in [1.82, 2.24) is 5.32 Å². The van der Waals surface area contributed by atoms with Gasteiger partial charge in [-0.3, -0.25) is 4.79 Å². The third-order valence-electron chi connectivity index (χ3n) is 3.10. The van der Waals surface area contributed by atoms with Gasteiger partial charge in [0.25, 0.3) is 5.91 Å². The van der Waals surface area contributed by atoms with Gasteiger partial charge in [0.1, 0.15) is 5.82 Å². The molecule has 1 N–H and O–H groups in total. The predicted molar refractivity (Wildman–Crippen MR) is 78.4 cm³/mol. The molecule has 0 spiro atoms. The average Bonchev–Trinajstić information content (AvgIpc) is 2.46. The molecule has 0 fully saturated rings. The Hall–Kier alpha value is -1.87. The van der Waals surface area contributed by atoms with E-state index in [0.717, 1.165) is 5.56 Å². The summed E-state index contributed by atoms with van der Waals surface area (Å²) in [4.78, 5) is 12.1. The zero-order valence-corrected chi connectivity index (χ0v) is 11.8. The summed E-state index contributed by atoms with van der Waals surface area (Å²) in [6.07, 6.45) is 0.710. The molecule has 0 aliphatic rings. The Morgan fingerprint density at radius 1 is 1.20 bits per heavy atom. The highest BCUT2D eigenvalue weighted by molar-refractivity contribution is 6.30. The fourth-order valence-electron chi connectivity index (χ4n) is 2.00. The molecule has 20 heavy (non-hydrogen) atoms. The van der Waals surface area contributed by atoms with Crippen molar-refractivity contribution in [2.45, 2.75) is 19.4 Å². The van der Waals surface area contributed by atoms with Gasteiger partial charge in [0.15, 0.2) is 0 Å². The summed E-state index contributed by atoms with van der Waals surface area (Å²) in [6.45, 7) is 1.96. The molecule has 0 saturated heterocycles. The van der Waals surface area contributed by atoms with E-state index in [-0.39, 0.29) is 11.6 Å². The summed E-state index contributed by atoms with van der Waals surface area (Å²) in [5, 5.41) is 3.48. The Bertz CT molecular complexity index is 598. The van der Waals surface area contributed by atoms with Gasteiger partial charge >= 0.3 is 0 Å². The number of amides is 1. The monoisotopic (exact) mass is 291 g/mol. The zero-order chi connectivity index (χ0) is 14.5. The minimum Gasteiger partial charge on any atom is -0.345 e. The van der Waals surface area contributed by atoms with Gasteiger partial charge in [-0.05, 0) is 36.2 Å². The van der Waals surface area contributed by atoms with Gasteiger partial charge in [-0.2, -0.15) is 0 Å². The van der Waals surface area contributed by atoms with Crippen LogP contribution in [-0.4, -0.2) is 5.91 Å². The van der Waals surface area contributed by atoms with Crippen LogP contribution in [0, 0.1) is 5.82 Å². The molecule has 0 aliphatic carbocycles. The molecule has 0 saturated carbocycles. The first-order valence-corrected chi connectivity index (χ1v) is 6.80. The molecule has 0 aromatic heterocycles. The number of carbonyl (C=O) groups is 1. The van der Waals surface area contributed by atoms with E-state index in [0.29, 0.717) is 11.4 Å². The van der Waals surface area contributed by atoms with Crippen LogP contribution in [0.25, 0.3) is 0 Å². The maximum absolute atomic E-state index is 13.6. The summed E-state index contributed by atoms with van der Waals surface area (Å²) in [5.41, 5.74) is 1.00. The first-order chi connectivity index (χ1) is 9.61. The summed E-state index contributed by atoms with van der Waals surface area (Å²) in [6, 6.07) is 13.0. The van der Waals surface area contributed by atoms with Gasteiger partial charge in [0, 0.05) is 5.02 Å². The highest BCUT2D eigenvalue weighted by atomic mass is 35.5. The highest BCUT2D eigenvalue weighted by Crippen LogP contribution is 2.20. The molecule has 4 heteroatoms. The van der Waals surface area contributed by atoms with Crippen LogP contribution in [-0.2, 0) is 0 Å². The Balaban J connectivity index is 2.16. The smallest absolute Gasteiger partial charge is 0.254 e. The van der Waals surface area contributed by atoms with Crippen molar-refractivity contribution in [2.24, 2.45) is 0 Å². The topological polar surface area (TPSA) is 29.1 Å². The molecule has 2 nitrogen and oxygen atoms in total. The first kappa shape index (κ1) is 14.5. The molecule has 0 bridgehead atoms. The second kappa shape index (κ2) is 6.53. The van der Waals surface area contributed by atoms with Crippen molar-refractivity contribution < 1.29 is 9.18 Å². The number of hydrogen-bond donors (Lipinski definition) is 1. The number of hydrogen-bond acceptors (Lipinski definition) is 1. The summed E-state index contributed by atoms with van der Waals surface area (Å²) in [5.74, 6) is -0.930. The number of rotatable bonds is 4. The van der Waals surface area contributed by atoms with Gasteiger partial charge in [0.05, 0.1) is 11.6 Å². The Morgan fingerprint density at radius 2 is 1.85 bits per heavy atom. The third kappa shape index (κ3) is 3.36. The second-order valence-electron chi connectivity index (χ2n) is 4.47. The molecule has 0 heterocycles. The van der Waals surface area contributed by atoms with E-state index in [1.165, 1.54) is 12.1 Å². The van der Waals surface area contributed by atoms with Crippen molar-refractivity contribution in [2.75, 3.05) is 0 Å². The quantitative estimate of drug-likeness (QED) is 0.891. The van der Waals surface area contributed by atoms with Crippen LogP contribution in [0.2, 0.25) is 5.02 Å². The van der Waals surface area contributed by atoms with Gasteiger partial charge in [-0.25, -0.2) is 4.39 Å². The number of nitrogens with one attached hydrogen (secondary N) is 1. The Kier molecular flexibility index (Phi) is 4.74. The van der Waals surface area contributed by atoms with Crippen molar-refractivity contribution in [1.29, 1.82) is 0 Å². The van der Waals surface area contributed by atoms with E-state index in [9.17, 15) is 9.18 Å². The third-order valence-corrected chi connectivity index (χ3v) is 3.36. The Labute approximate surface area is 122 Å². The lowest BCUT2D eigenvalue weighted by Gasteiger charge is -2.17. The SMILES string of the molecule is CCC(NC(=O)c1ccccc1F)c1ccc(Cl)cc1. The largest absolute Gasteiger partial charge is 0.345 e. The molecule has 0 aliphatic heterocycles. The van der Waals surface area contributed by atoms with Crippen molar-refractivity contribution in [3.8, 4) is 0 Å². The molecule has 1 unspecified atom stereocenters. The van der Waals surface area contributed by atoms with Gasteiger partial charge in [-0.15, -0.1) is 0 Å². The van der Waals surface area contributed by atoms with Crippen molar-refractivity contribution >= 4 is 17.5 Å². The molecule has 1 amide bonds. The van der Waals surface area contributed by atoms with E-state index in [4.69, 9.17) is 11.6 Å². The first-order valence-electron chi connectivity index (χ1n) is 6.42. The molecule has 2 rings (SSSR count). The van der Waals surface area contributed by atoms with Crippen LogP contribution in [0.15, 0.2) is 48.5 Å². The summed E-state index contributed by atoms with van der Waals surface area (Å²) >= 11 is 5.85. The van der Waals surface area contributed by atoms with Crippen LogP contribution in [0.4, 0.5) is 4.39 Å². The van der Waals surface area contributed by atoms with E-state index < -0.39 is 11.7 Å². The van der Waals surface area contributed by atoms with Crippen LogP contribution in [0.5, 0.6) is 0 Å². The van der Waals surface area contributed by atoms with Gasteiger partial charge in [-0.1, -0.05) is 42.8 Å². The number of carbonyl (C=O) groups excluding carboxylic acids is 1. The zero-order valence-electron chi connectivity index (χ0n) is 11.1. The maximum atomic E-state index is 13.6.